The van der Waals surface area contributed by atoms with Gasteiger partial charge in [-0.1, -0.05) is 6.08 Å². The maximum absolute atomic E-state index is 14.6. The molecule has 0 bridgehead atoms. The van der Waals surface area contributed by atoms with E-state index in [1.165, 1.54) is 11.8 Å². The summed E-state index contributed by atoms with van der Waals surface area (Å²) in [5.41, 5.74) is 6.54. The van der Waals surface area contributed by atoms with Gasteiger partial charge in [-0.25, -0.2) is 13.6 Å². The van der Waals surface area contributed by atoms with Crippen molar-refractivity contribution in [2.24, 2.45) is 17.6 Å². The van der Waals surface area contributed by atoms with Gasteiger partial charge in [-0.3, -0.25) is 9.69 Å². The molecule has 3 aliphatic rings. The summed E-state index contributed by atoms with van der Waals surface area (Å²) in [5.74, 6) is -1.17. The Hall–Kier alpha value is -2.48. The van der Waals surface area contributed by atoms with Crippen LogP contribution < -0.4 is 16.0 Å². The molecule has 0 aromatic heterocycles. The Labute approximate surface area is 149 Å². The first-order valence-corrected chi connectivity index (χ1v) is 8.53. The maximum atomic E-state index is 14.6. The molecule has 3 N–H and O–H groups in total. The number of hydrogen-bond donors (Lipinski definition) is 2. The first-order chi connectivity index (χ1) is 12.3. The number of hydrogen-bond acceptors (Lipinski definition) is 4. The number of nitrogens with one attached hydrogen (secondary N) is 1. The van der Waals surface area contributed by atoms with Crippen molar-refractivity contribution < 1.29 is 23.1 Å². The number of nitrogens with zero attached hydrogens (tertiary/aromatic N) is 1. The van der Waals surface area contributed by atoms with Crippen LogP contribution in [-0.2, 0) is 9.53 Å². The van der Waals surface area contributed by atoms with Gasteiger partial charge in [0.2, 0.25) is 5.91 Å². The summed E-state index contributed by atoms with van der Waals surface area (Å²) < 4.78 is 34.3. The Morgan fingerprint density at radius 3 is 2.65 bits per heavy atom. The fourth-order valence-corrected chi connectivity index (χ4v) is 3.79. The van der Waals surface area contributed by atoms with Crippen LogP contribution in [0, 0.1) is 23.5 Å². The van der Waals surface area contributed by atoms with Crippen LogP contribution in [0.25, 0.3) is 5.57 Å². The number of anilines is 1. The van der Waals surface area contributed by atoms with E-state index in [2.05, 4.69) is 5.32 Å². The highest BCUT2D eigenvalue weighted by molar-refractivity contribution is 5.90. The fraction of sp³-hybridized carbons (Fsp3) is 0.444. The number of halogens is 2. The van der Waals surface area contributed by atoms with Gasteiger partial charge < -0.3 is 15.8 Å². The van der Waals surface area contributed by atoms with Gasteiger partial charge in [0, 0.05) is 18.5 Å². The number of amides is 2. The number of cyclic esters (lactones) is 1. The third kappa shape index (κ3) is 2.84. The summed E-state index contributed by atoms with van der Waals surface area (Å²) in [6.07, 6.45) is 1.16. The maximum Gasteiger partial charge on any atom is 0.414 e. The number of nitrogens with two attached hydrogens (primary N) is 1. The summed E-state index contributed by atoms with van der Waals surface area (Å²) in [6, 6.07) is 2.39. The van der Waals surface area contributed by atoms with Crippen LogP contribution in [0.3, 0.4) is 0 Å². The van der Waals surface area contributed by atoms with E-state index in [-0.39, 0.29) is 48.1 Å². The Balaban J connectivity index is 1.53. The van der Waals surface area contributed by atoms with Gasteiger partial charge in [0.1, 0.15) is 17.7 Å². The molecule has 4 atom stereocenters. The third-order valence-corrected chi connectivity index (χ3v) is 5.25. The first-order valence-electron chi connectivity index (χ1n) is 8.53. The minimum Gasteiger partial charge on any atom is -0.442 e. The highest BCUT2D eigenvalue weighted by Gasteiger charge is 2.50. The Morgan fingerprint density at radius 2 is 2.08 bits per heavy atom. The molecule has 6 nitrogen and oxygen atoms in total. The van der Waals surface area contributed by atoms with Crippen LogP contribution >= 0.6 is 0 Å². The van der Waals surface area contributed by atoms with Crippen molar-refractivity contribution in [2.45, 2.75) is 25.5 Å². The zero-order valence-electron chi connectivity index (χ0n) is 14.2. The summed E-state index contributed by atoms with van der Waals surface area (Å²) in [7, 11) is 0. The van der Waals surface area contributed by atoms with Gasteiger partial charge in [0.15, 0.2) is 0 Å². The van der Waals surface area contributed by atoms with Crippen molar-refractivity contribution in [1.82, 2.24) is 5.32 Å². The summed E-state index contributed by atoms with van der Waals surface area (Å²) in [6.45, 7) is 1.61. The number of rotatable bonds is 4. The number of ether oxygens (including phenoxy) is 1. The number of allylic oxidation sites excluding steroid dienone is 1. The zero-order chi connectivity index (χ0) is 18.6. The molecule has 1 aliphatic heterocycles. The smallest absolute Gasteiger partial charge is 0.414 e. The van der Waals surface area contributed by atoms with Crippen molar-refractivity contribution in [3.63, 3.8) is 0 Å². The number of fused-ring (bicyclic) bond motifs is 1. The van der Waals surface area contributed by atoms with Gasteiger partial charge in [-0.15, -0.1) is 0 Å². The molecule has 138 valence electrons. The molecule has 8 heteroatoms. The summed E-state index contributed by atoms with van der Waals surface area (Å²) in [5, 5.41) is 2.55. The number of carbonyl (C=O) groups excluding carboxylic acids is 2. The standard InChI is InChI=1S/C18H19F2N3O3/c1-8(24)22-6-11-7-23(18(25)26-11)10-4-14(19)16(15(20)5-10)9-2-12-13(3-9)17(12)21/h2,4-5,11-13,17H,3,6-7,21H2,1H3,(H,22,24)/t11-,12-,13-,17-/m0/s1. The van der Waals surface area contributed by atoms with E-state index < -0.39 is 23.8 Å². The SMILES string of the molecule is CC(=O)NC[C@H]1CN(c2cc(F)c(C3=C[C@@H]4[C@H](N)[C@H]4C3)c(F)c2)C(=O)O1. The van der Waals surface area contributed by atoms with E-state index in [0.717, 1.165) is 12.1 Å². The molecule has 0 unspecified atom stereocenters. The summed E-state index contributed by atoms with van der Waals surface area (Å²) in [4.78, 5) is 24.1. The minimum absolute atomic E-state index is 0.0458. The molecule has 26 heavy (non-hydrogen) atoms. The molecule has 0 spiro atoms. The molecule has 4 rings (SSSR count). The predicted octanol–water partition coefficient (Wildman–Crippen LogP) is 1.79. The second kappa shape index (κ2) is 6.05. The van der Waals surface area contributed by atoms with E-state index in [4.69, 9.17) is 10.5 Å². The molecular formula is C18H19F2N3O3. The van der Waals surface area contributed by atoms with Crippen LogP contribution in [-0.4, -0.2) is 37.2 Å². The lowest BCUT2D eigenvalue weighted by Gasteiger charge is -2.16. The second-order valence-electron chi connectivity index (χ2n) is 7.05. The molecule has 1 saturated carbocycles. The lowest BCUT2D eigenvalue weighted by atomic mass is 10.0. The van der Waals surface area contributed by atoms with Crippen molar-refractivity contribution in [1.29, 1.82) is 0 Å². The normalized spacial score (nSPS) is 29.3. The molecule has 2 amide bonds. The summed E-state index contributed by atoms with van der Waals surface area (Å²) >= 11 is 0. The van der Waals surface area contributed by atoms with E-state index >= 15 is 0 Å². The van der Waals surface area contributed by atoms with E-state index in [9.17, 15) is 18.4 Å². The predicted molar refractivity (Wildman–Crippen MR) is 90.2 cm³/mol. The van der Waals surface area contributed by atoms with Crippen molar-refractivity contribution in [3.8, 4) is 0 Å². The molecule has 1 aromatic rings. The van der Waals surface area contributed by atoms with Crippen molar-refractivity contribution >= 4 is 23.3 Å². The van der Waals surface area contributed by atoms with Crippen LogP contribution in [0.1, 0.15) is 18.9 Å². The Morgan fingerprint density at radius 1 is 1.38 bits per heavy atom. The van der Waals surface area contributed by atoms with Gasteiger partial charge >= 0.3 is 6.09 Å². The molecule has 2 fully saturated rings. The monoisotopic (exact) mass is 363 g/mol. The van der Waals surface area contributed by atoms with E-state index in [1.807, 2.05) is 6.08 Å². The zero-order valence-corrected chi connectivity index (χ0v) is 14.2. The fourth-order valence-electron chi connectivity index (χ4n) is 3.79. The second-order valence-corrected chi connectivity index (χ2v) is 7.05. The van der Waals surface area contributed by atoms with Gasteiger partial charge in [0.25, 0.3) is 0 Å². The van der Waals surface area contributed by atoms with Crippen molar-refractivity contribution in [3.05, 3.63) is 35.4 Å². The highest BCUT2D eigenvalue weighted by atomic mass is 19.1. The van der Waals surface area contributed by atoms with E-state index in [0.29, 0.717) is 12.0 Å². The van der Waals surface area contributed by atoms with Gasteiger partial charge in [-0.05, 0) is 36.0 Å². The Bertz CT molecular complexity index is 803. The van der Waals surface area contributed by atoms with Gasteiger partial charge in [-0.2, -0.15) is 0 Å². The number of carbonyl (C=O) groups is 2. The average Bonchev–Trinajstić information content (AvgIpc) is 2.93. The van der Waals surface area contributed by atoms with Gasteiger partial charge in [0.05, 0.1) is 18.8 Å². The molecule has 0 radical (unpaired) electrons. The van der Waals surface area contributed by atoms with E-state index in [1.54, 1.807) is 0 Å². The Kier molecular flexibility index (Phi) is 3.95. The molecular weight excluding hydrogens is 344 g/mol. The largest absolute Gasteiger partial charge is 0.442 e. The van der Waals surface area contributed by atoms with Crippen LogP contribution in [0.2, 0.25) is 0 Å². The first kappa shape index (κ1) is 17.0. The lowest BCUT2D eigenvalue weighted by molar-refractivity contribution is -0.119. The highest BCUT2D eigenvalue weighted by Crippen LogP contribution is 2.52. The molecule has 2 aliphatic carbocycles. The van der Waals surface area contributed by atoms with Crippen LogP contribution in [0.4, 0.5) is 19.3 Å². The molecule has 1 heterocycles. The molecule has 1 aromatic carbocycles. The van der Waals surface area contributed by atoms with Crippen molar-refractivity contribution in [2.75, 3.05) is 18.0 Å². The van der Waals surface area contributed by atoms with Crippen LogP contribution in [0.5, 0.6) is 0 Å². The lowest BCUT2D eigenvalue weighted by Crippen LogP contribution is -2.33. The van der Waals surface area contributed by atoms with Crippen LogP contribution in [0.15, 0.2) is 18.2 Å². The minimum atomic E-state index is -0.709. The topological polar surface area (TPSA) is 84.7 Å². The number of benzene rings is 1. The average molecular weight is 363 g/mol. The quantitative estimate of drug-likeness (QED) is 0.854. The molecule has 1 saturated heterocycles. The third-order valence-electron chi connectivity index (χ3n) is 5.25.